The number of carbonyl (C=O) groups is 1. The number of hydrogen-bond acceptors (Lipinski definition) is 2. The third kappa shape index (κ3) is 2.37. The Hall–Kier alpha value is -1.09. The number of amides is 1. The Morgan fingerprint density at radius 1 is 1.44 bits per heavy atom. The molecule has 2 nitrogen and oxygen atoms in total. The molecule has 1 N–H and O–H groups in total. The van der Waals surface area contributed by atoms with Gasteiger partial charge in [0, 0.05) is 22.8 Å². The molecular weight excluding hydrogens is 242 g/mol. The van der Waals surface area contributed by atoms with Gasteiger partial charge >= 0.3 is 0 Å². The standard InChI is InChI=1S/C15H19NOS/c17-14(12-5-2-1-3-6-12)16-11-15(8-9-15)13-7-4-10-18-13/h1-2,4,7,10,12H,3,5-6,8-9,11H2,(H,16,17). The highest BCUT2D eigenvalue weighted by Crippen LogP contribution is 2.49. The predicted octanol–water partition coefficient (Wildman–Crippen LogP) is 3.25. The zero-order valence-corrected chi connectivity index (χ0v) is 11.3. The minimum absolute atomic E-state index is 0.203. The van der Waals surface area contributed by atoms with E-state index in [2.05, 4.69) is 35.0 Å². The summed E-state index contributed by atoms with van der Waals surface area (Å²) >= 11 is 1.82. The van der Waals surface area contributed by atoms with Crippen molar-refractivity contribution >= 4 is 17.2 Å². The molecule has 0 aliphatic heterocycles. The van der Waals surface area contributed by atoms with Crippen LogP contribution in [0.4, 0.5) is 0 Å². The van der Waals surface area contributed by atoms with Crippen molar-refractivity contribution < 1.29 is 4.79 Å². The molecule has 3 heteroatoms. The molecular formula is C15H19NOS. The van der Waals surface area contributed by atoms with Gasteiger partial charge in [-0.3, -0.25) is 4.79 Å². The first-order valence-corrected chi connectivity index (χ1v) is 7.65. The molecule has 0 aromatic carbocycles. The molecule has 0 bridgehead atoms. The number of nitrogens with one attached hydrogen (secondary N) is 1. The van der Waals surface area contributed by atoms with Crippen LogP contribution in [-0.4, -0.2) is 12.5 Å². The highest BCUT2D eigenvalue weighted by Gasteiger charge is 2.45. The zero-order valence-electron chi connectivity index (χ0n) is 10.5. The van der Waals surface area contributed by atoms with Gasteiger partial charge in [0.05, 0.1) is 0 Å². The van der Waals surface area contributed by atoms with E-state index in [0.29, 0.717) is 0 Å². The van der Waals surface area contributed by atoms with Crippen LogP contribution in [0.15, 0.2) is 29.7 Å². The molecule has 0 saturated heterocycles. The van der Waals surface area contributed by atoms with Crippen LogP contribution >= 0.6 is 11.3 Å². The van der Waals surface area contributed by atoms with Gasteiger partial charge in [-0.25, -0.2) is 0 Å². The lowest BCUT2D eigenvalue weighted by atomic mass is 9.93. The highest BCUT2D eigenvalue weighted by molar-refractivity contribution is 7.10. The second-order valence-electron chi connectivity index (χ2n) is 5.46. The highest BCUT2D eigenvalue weighted by atomic mass is 32.1. The van der Waals surface area contributed by atoms with Crippen molar-refractivity contribution in [2.24, 2.45) is 5.92 Å². The van der Waals surface area contributed by atoms with Crippen molar-refractivity contribution in [3.8, 4) is 0 Å². The molecule has 3 rings (SSSR count). The van der Waals surface area contributed by atoms with Gasteiger partial charge in [0.2, 0.25) is 5.91 Å². The molecule has 96 valence electrons. The van der Waals surface area contributed by atoms with Gasteiger partial charge in [-0.2, -0.15) is 0 Å². The van der Waals surface area contributed by atoms with Crippen LogP contribution < -0.4 is 5.32 Å². The van der Waals surface area contributed by atoms with E-state index in [1.807, 2.05) is 11.3 Å². The summed E-state index contributed by atoms with van der Waals surface area (Å²) in [5.74, 6) is 0.455. The summed E-state index contributed by atoms with van der Waals surface area (Å²) in [6, 6.07) is 4.31. The van der Waals surface area contributed by atoms with E-state index in [9.17, 15) is 4.79 Å². The van der Waals surface area contributed by atoms with Crippen LogP contribution in [0, 0.1) is 5.92 Å². The van der Waals surface area contributed by atoms with E-state index >= 15 is 0 Å². The van der Waals surface area contributed by atoms with Crippen molar-refractivity contribution in [2.45, 2.75) is 37.5 Å². The Morgan fingerprint density at radius 3 is 2.94 bits per heavy atom. The monoisotopic (exact) mass is 261 g/mol. The van der Waals surface area contributed by atoms with Crippen molar-refractivity contribution in [3.63, 3.8) is 0 Å². The first kappa shape index (κ1) is 12.0. The number of rotatable bonds is 4. The predicted molar refractivity (Wildman–Crippen MR) is 74.7 cm³/mol. The fourth-order valence-electron chi connectivity index (χ4n) is 2.67. The second kappa shape index (κ2) is 4.88. The van der Waals surface area contributed by atoms with E-state index < -0.39 is 0 Å². The molecule has 1 fully saturated rings. The Bertz CT molecular complexity index is 445. The Balaban J connectivity index is 1.55. The van der Waals surface area contributed by atoms with E-state index in [-0.39, 0.29) is 17.2 Å². The molecule has 18 heavy (non-hydrogen) atoms. The smallest absolute Gasteiger partial charge is 0.223 e. The van der Waals surface area contributed by atoms with Crippen LogP contribution in [0.3, 0.4) is 0 Å². The molecule has 1 amide bonds. The fraction of sp³-hybridized carbons (Fsp3) is 0.533. The third-order valence-electron chi connectivity index (χ3n) is 4.14. The minimum Gasteiger partial charge on any atom is -0.355 e. The minimum atomic E-state index is 0.203. The summed E-state index contributed by atoms with van der Waals surface area (Å²) in [7, 11) is 0. The molecule has 2 aliphatic carbocycles. The lowest BCUT2D eigenvalue weighted by Crippen LogP contribution is -2.36. The van der Waals surface area contributed by atoms with Gasteiger partial charge < -0.3 is 5.32 Å². The van der Waals surface area contributed by atoms with E-state index in [0.717, 1.165) is 25.8 Å². The maximum Gasteiger partial charge on any atom is 0.223 e. The lowest BCUT2D eigenvalue weighted by molar-refractivity contribution is -0.125. The molecule has 0 spiro atoms. The molecule has 1 aromatic heterocycles. The molecule has 0 radical (unpaired) electrons. The average Bonchev–Trinajstić information content (AvgIpc) is 3.00. The zero-order chi connectivity index (χ0) is 12.4. The number of hydrogen-bond donors (Lipinski definition) is 1. The van der Waals surface area contributed by atoms with Crippen molar-refractivity contribution in [1.82, 2.24) is 5.32 Å². The number of thiophene rings is 1. The van der Waals surface area contributed by atoms with Gasteiger partial charge in [-0.1, -0.05) is 18.2 Å². The summed E-state index contributed by atoms with van der Waals surface area (Å²) in [5.41, 5.74) is 0.272. The van der Waals surface area contributed by atoms with Gasteiger partial charge in [0.25, 0.3) is 0 Å². The number of carbonyl (C=O) groups excluding carboxylic acids is 1. The van der Waals surface area contributed by atoms with Gasteiger partial charge in [-0.05, 0) is 43.6 Å². The molecule has 1 aromatic rings. The van der Waals surface area contributed by atoms with Crippen LogP contribution in [0.5, 0.6) is 0 Å². The van der Waals surface area contributed by atoms with E-state index in [1.54, 1.807) is 0 Å². The Labute approximate surface area is 112 Å². The summed E-state index contributed by atoms with van der Waals surface area (Å²) in [4.78, 5) is 13.5. The summed E-state index contributed by atoms with van der Waals surface area (Å²) < 4.78 is 0. The quantitative estimate of drug-likeness (QED) is 0.828. The average molecular weight is 261 g/mol. The topological polar surface area (TPSA) is 29.1 Å². The molecule has 1 unspecified atom stereocenters. The SMILES string of the molecule is O=C(NCC1(c2cccs2)CC1)C1CC=CCC1. The van der Waals surface area contributed by atoms with Crippen LogP contribution in [0.25, 0.3) is 0 Å². The maximum absolute atomic E-state index is 12.1. The molecule has 1 atom stereocenters. The number of allylic oxidation sites excluding steroid dienone is 2. The van der Waals surface area contributed by atoms with Crippen molar-refractivity contribution in [1.29, 1.82) is 0 Å². The summed E-state index contributed by atoms with van der Waals surface area (Å²) in [6.07, 6.45) is 9.73. The summed E-state index contributed by atoms with van der Waals surface area (Å²) in [5, 5.41) is 5.31. The van der Waals surface area contributed by atoms with Gasteiger partial charge in [0.1, 0.15) is 0 Å². The fourth-order valence-corrected chi connectivity index (χ4v) is 3.66. The van der Waals surface area contributed by atoms with Crippen LogP contribution in [-0.2, 0) is 10.2 Å². The van der Waals surface area contributed by atoms with Gasteiger partial charge in [-0.15, -0.1) is 11.3 Å². The Morgan fingerprint density at radius 2 is 2.33 bits per heavy atom. The molecule has 2 aliphatic rings. The lowest BCUT2D eigenvalue weighted by Gasteiger charge is -2.20. The van der Waals surface area contributed by atoms with E-state index in [1.165, 1.54) is 17.7 Å². The van der Waals surface area contributed by atoms with Crippen molar-refractivity contribution in [3.05, 3.63) is 34.5 Å². The van der Waals surface area contributed by atoms with Crippen LogP contribution in [0.1, 0.15) is 37.0 Å². The van der Waals surface area contributed by atoms with E-state index in [4.69, 9.17) is 0 Å². The normalized spacial score (nSPS) is 24.8. The first-order chi connectivity index (χ1) is 8.80. The molecule has 1 saturated carbocycles. The van der Waals surface area contributed by atoms with Gasteiger partial charge in [0.15, 0.2) is 0 Å². The maximum atomic E-state index is 12.1. The summed E-state index contributed by atoms with van der Waals surface area (Å²) in [6.45, 7) is 0.826. The third-order valence-corrected chi connectivity index (χ3v) is 5.25. The van der Waals surface area contributed by atoms with Crippen LogP contribution in [0.2, 0.25) is 0 Å². The van der Waals surface area contributed by atoms with Crippen molar-refractivity contribution in [2.75, 3.05) is 6.54 Å². The first-order valence-electron chi connectivity index (χ1n) is 6.77. The Kier molecular flexibility index (Phi) is 3.25. The molecule has 1 heterocycles. The largest absolute Gasteiger partial charge is 0.355 e. The second-order valence-corrected chi connectivity index (χ2v) is 6.40.